The molecule has 0 aliphatic rings. The van der Waals surface area contributed by atoms with E-state index in [1.807, 2.05) is 25.3 Å². The smallest absolute Gasteiger partial charge is 0.261 e. The van der Waals surface area contributed by atoms with Gasteiger partial charge in [0.15, 0.2) is 11.6 Å². The number of rotatable bonds is 6. The standard InChI is InChI=1S/C20H17BrN6O2S/c1-14-11-12-27(25-14)20-10-9-19(23-24-20)22-16-5-7-17(8-6-16)26-30(28,29)18-4-2-3-15(21)13-18/h2-13,26H,1H3,(H,22,23). The number of aryl methyl sites for hydroxylation is 1. The largest absolute Gasteiger partial charge is 0.339 e. The van der Waals surface area contributed by atoms with E-state index in [1.165, 1.54) is 6.07 Å². The molecular weight excluding hydrogens is 468 g/mol. The lowest BCUT2D eigenvalue weighted by Gasteiger charge is -2.10. The van der Waals surface area contributed by atoms with Crippen LogP contribution in [0.5, 0.6) is 0 Å². The number of halogens is 1. The molecule has 0 fully saturated rings. The lowest BCUT2D eigenvalue weighted by Crippen LogP contribution is -2.12. The number of benzene rings is 2. The Balaban J connectivity index is 1.43. The summed E-state index contributed by atoms with van der Waals surface area (Å²) in [7, 11) is -3.67. The highest BCUT2D eigenvalue weighted by Crippen LogP contribution is 2.22. The number of hydrogen-bond donors (Lipinski definition) is 2. The number of hydrogen-bond acceptors (Lipinski definition) is 6. The topological polar surface area (TPSA) is 102 Å². The average Bonchev–Trinajstić information content (AvgIpc) is 3.16. The van der Waals surface area contributed by atoms with E-state index in [9.17, 15) is 8.42 Å². The molecule has 0 spiro atoms. The second-order valence-electron chi connectivity index (χ2n) is 6.44. The maximum atomic E-state index is 12.5. The summed E-state index contributed by atoms with van der Waals surface area (Å²) in [6.07, 6.45) is 1.82. The summed E-state index contributed by atoms with van der Waals surface area (Å²) in [5.74, 6) is 1.18. The molecule has 0 atom stereocenters. The first kappa shape index (κ1) is 20.0. The third-order valence-electron chi connectivity index (χ3n) is 4.12. The molecule has 2 N–H and O–H groups in total. The van der Waals surface area contributed by atoms with E-state index in [1.54, 1.807) is 53.2 Å². The quantitative estimate of drug-likeness (QED) is 0.423. The molecule has 2 aromatic carbocycles. The molecule has 8 nitrogen and oxygen atoms in total. The molecule has 0 saturated carbocycles. The van der Waals surface area contributed by atoms with E-state index >= 15 is 0 Å². The average molecular weight is 485 g/mol. The van der Waals surface area contributed by atoms with Gasteiger partial charge in [0.25, 0.3) is 10.0 Å². The zero-order valence-electron chi connectivity index (χ0n) is 15.8. The van der Waals surface area contributed by atoms with Gasteiger partial charge >= 0.3 is 0 Å². The highest BCUT2D eigenvalue weighted by atomic mass is 79.9. The van der Waals surface area contributed by atoms with Gasteiger partial charge in [0, 0.05) is 22.0 Å². The number of nitrogens with zero attached hydrogens (tertiary/aromatic N) is 4. The third kappa shape index (κ3) is 4.66. The van der Waals surface area contributed by atoms with Crippen molar-refractivity contribution in [3.63, 3.8) is 0 Å². The predicted molar refractivity (Wildman–Crippen MR) is 119 cm³/mol. The number of nitrogens with one attached hydrogen (secondary N) is 2. The van der Waals surface area contributed by atoms with Crippen LogP contribution in [-0.2, 0) is 10.0 Å². The number of aromatic nitrogens is 4. The third-order valence-corrected chi connectivity index (χ3v) is 6.00. The van der Waals surface area contributed by atoms with Crippen LogP contribution in [0, 0.1) is 6.92 Å². The molecule has 0 radical (unpaired) electrons. The molecule has 30 heavy (non-hydrogen) atoms. The van der Waals surface area contributed by atoms with E-state index in [0.29, 0.717) is 21.8 Å². The molecule has 2 heterocycles. The summed E-state index contributed by atoms with van der Waals surface area (Å²) in [4.78, 5) is 0.182. The van der Waals surface area contributed by atoms with Crippen molar-refractivity contribution >= 4 is 43.1 Å². The van der Waals surface area contributed by atoms with Crippen molar-refractivity contribution in [1.29, 1.82) is 0 Å². The van der Waals surface area contributed by atoms with Gasteiger partial charge in [0.2, 0.25) is 0 Å². The molecule has 152 valence electrons. The Morgan fingerprint density at radius 2 is 1.70 bits per heavy atom. The van der Waals surface area contributed by atoms with Gasteiger partial charge in [0.05, 0.1) is 10.6 Å². The van der Waals surface area contributed by atoms with Crippen LogP contribution >= 0.6 is 15.9 Å². The lowest BCUT2D eigenvalue weighted by atomic mass is 10.3. The molecule has 4 rings (SSSR count). The molecule has 0 bridgehead atoms. The summed E-state index contributed by atoms with van der Waals surface area (Å²) in [6.45, 7) is 1.91. The Bertz CT molecular complexity index is 1270. The minimum Gasteiger partial charge on any atom is -0.339 e. The van der Waals surface area contributed by atoms with E-state index in [4.69, 9.17) is 0 Å². The fraction of sp³-hybridized carbons (Fsp3) is 0.0500. The van der Waals surface area contributed by atoms with Crippen LogP contribution in [-0.4, -0.2) is 28.4 Å². The minimum absolute atomic E-state index is 0.182. The van der Waals surface area contributed by atoms with Crippen molar-refractivity contribution < 1.29 is 8.42 Å². The SMILES string of the molecule is Cc1ccn(-c2ccc(Nc3ccc(NS(=O)(=O)c4cccc(Br)c4)cc3)nn2)n1. The predicted octanol–water partition coefficient (Wildman–Crippen LogP) is 4.28. The van der Waals surface area contributed by atoms with Crippen molar-refractivity contribution in [2.24, 2.45) is 0 Å². The fourth-order valence-electron chi connectivity index (χ4n) is 2.67. The Morgan fingerprint density at radius 3 is 2.33 bits per heavy atom. The van der Waals surface area contributed by atoms with Crippen LogP contribution in [0.3, 0.4) is 0 Å². The molecule has 10 heteroatoms. The van der Waals surface area contributed by atoms with Crippen molar-refractivity contribution in [3.05, 3.63) is 83.1 Å². The van der Waals surface area contributed by atoms with Crippen LogP contribution in [0.15, 0.2) is 82.3 Å². The van der Waals surface area contributed by atoms with Crippen LogP contribution in [0.4, 0.5) is 17.2 Å². The van der Waals surface area contributed by atoms with E-state index in [2.05, 4.69) is 41.3 Å². The molecule has 0 saturated heterocycles. The van der Waals surface area contributed by atoms with Gasteiger partial charge in [-0.15, -0.1) is 10.2 Å². The minimum atomic E-state index is -3.67. The van der Waals surface area contributed by atoms with Crippen LogP contribution in [0.25, 0.3) is 5.82 Å². The zero-order valence-corrected chi connectivity index (χ0v) is 18.2. The molecule has 4 aromatic rings. The van der Waals surface area contributed by atoms with Crippen molar-refractivity contribution in [2.75, 3.05) is 10.0 Å². The van der Waals surface area contributed by atoms with Gasteiger partial charge in [-0.1, -0.05) is 22.0 Å². The number of sulfonamides is 1. The van der Waals surface area contributed by atoms with Crippen LogP contribution < -0.4 is 10.0 Å². The lowest BCUT2D eigenvalue weighted by molar-refractivity contribution is 0.601. The maximum absolute atomic E-state index is 12.5. The van der Waals surface area contributed by atoms with Crippen molar-refractivity contribution in [1.82, 2.24) is 20.0 Å². The Labute approximate surface area is 182 Å². The van der Waals surface area contributed by atoms with Gasteiger partial charge < -0.3 is 5.32 Å². The monoisotopic (exact) mass is 484 g/mol. The molecule has 2 aromatic heterocycles. The highest BCUT2D eigenvalue weighted by molar-refractivity contribution is 9.10. The molecule has 0 amide bonds. The van der Waals surface area contributed by atoms with Crippen molar-refractivity contribution in [2.45, 2.75) is 11.8 Å². The molecular formula is C20H17BrN6O2S. The van der Waals surface area contributed by atoms with Crippen molar-refractivity contribution in [3.8, 4) is 5.82 Å². The molecule has 0 aliphatic carbocycles. The van der Waals surface area contributed by atoms with Gasteiger partial charge in [-0.3, -0.25) is 4.72 Å². The summed E-state index contributed by atoms with van der Waals surface area (Å²) >= 11 is 3.28. The fourth-order valence-corrected chi connectivity index (χ4v) is 4.33. The first-order valence-electron chi connectivity index (χ1n) is 8.91. The second-order valence-corrected chi connectivity index (χ2v) is 9.04. The summed E-state index contributed by atoms with van der Waals surface area (Å²) in [5.41, 5.74) is 2.10. The Kier molecular flexibility index (Phi) is 5.51. The Morgan fingerprint density at radius 1 is 0.933 bits per heavy atom. The number of anilines is 3. The zero-order chi connectivity index (χ0) is 21.1. The van der Waals surface area contributed by atoms with Gasteiger partial charge in [-0.25, -0.2) is 13.1 Å². The highest BCUT2D eigenvalue weighted by Gasteiger charge is 2.14. The van der Waals surface area contributed by atoms with E-state index in [-0.39, 0.29) is 4.90 Å². The van der Waals surface area contributed by atoms with Gasteiger partial charge in [0.1, 0.15) is 0 Å². The summed E-state index contributed by atoms with van der Waals surface area (Å²) < 4.78 is 29.9. The van der Waals surface area contributed by atoms with Gasteiger partial charge in [-0.05, 0) is 67.6 Å². The Hall–Kier alpha value is -3.24. The second kappa shape index (κ2) is 8.25. The van der Waals surface area contributed by atoms with Crippen LogP contribution in [0.2, 0.25) is 0 Å². The molecule has 0 aliphatic heterocycles. The summed E-state index contributed by atoms with van der Waals surface area (Å²) in [5, 5.41) is 15.7. The molecule has 0 unspecified atom stereocenters. The first-order chi connectivity index (χ1) is 14.4. The van der Waals surface area contributed by atoms with E-state index in [0.717, 1.165) is 11.4 Å². The van der Waals surface area contributed by atoms with E-state index < -0.39 is 10.0 Å². The maximum Gasteiger partial charge on any atom is 0.261 e. The summed E-state index contributed by atoms with van der Waals surface area (Å²) in [6, 6.07) is 18.9. The van der Waals surface area contributed by atoms with Crippen LogP contribution in [0.1, 0.15) is 5.69 Å². The van der Waals surface area contributed by atoms with Gasteiger partial charge in [-0.2, -0.15) is 5.10 Å². The normalized spacial score (nSPS) is 11.3. The first-order valence-corrected chi connectivity index (χ1v) is 11.2.